The topological polar surface area (TPSA) is 82.0 Å². The third-order valence-corrected chi connectivity index (χ3v) is 6.68. The molecular formula is C28H40N2O5. The van der Waals surface area contributed by atoms with E-state index in [-0.39, 0.29) is 12.0 Å². The number of nitrogens with zero attached hydrogens (tertiary/aromatic N) is 1. The number of methoxy groups -OCH3 is 5. The van der Waals surface area contributed by atoms with Gasteiger partial charge in [0, 0.05) is 6.04 Å². The summed E-state index contributed by atoms with van der Waals surface area (Å²) in [6.45, 7) is 7.05. The van der Waals surface area contributed by atoms with E-state index in [4.69, 9.17) is 23.7 Å². The van der Waals surface area contributed by atoms with Gasteiger partial charge in [-0.15, -0.1) is 0 Å². The quantitative estimate of drug-likeness (QED) is 0.372. The van der Waals surface area contributed by atoms with Crippen LogP contribution >= 0.6 is 0 Å². The smallest absolute Gasteiger partial charge is 0.203 e. The number of hydrogen-bond donors (Lipinski definition) is 1. The van der Waals surface area contributed by atoms with E-state index in [1.54, 1.807) is 35.5 Å². The van der Waals surface area contributed by atoms with Crippen LogP contribution < -0.4 is 29.0 Å². The number of nitriles is 1. The van der Waals surface area contributed by atoms with Crippen molar-refractivity contribution >= 4 is 0 Å². The molecule has 7 heteroatoms. The Hall–Kier alpha value is -3.11. The Bertz CT molecular complexity index is 976. The molecule has 0 aliphatic rings. The summed E-state index contributed by atoms with van der Waals surface area (Å²) in [6.07, 6.45) is 2.59. The van der Waals surface area contributed by atoms with Crippen molar-refractivity contribution in [1.29, 1.82) is 5.26 Å². The molecule has 0 radical (unpaired) electrons. The van der Waals surface area contributed by atoms with Gasteiger partial charge in [-0.1, -0.05) is 26.8 Å². The highest BCUT2D eigenvalue weighted by atomic mass is 16.5. The molecule has 2 rings (SSSR count). The van der Waals surface area contributed by atoms with Gasteiger partial charge in [-0.25, -0.2) is 0 Å². The SMILES string of the molecule is CCC(NCCCc1ccc(OC)c(OC)c1)C(C#N)(c1cc(OC)c(OC)c(OC)c1)C(C)C. The Morgan fingerprint density at radius 3 is 1.91 bits per heavy atom. The van der Waals surface area contributed by atoms with Crippen LogP contribution in [0.5, 0.6) is 28.7 Å². The Kier molecular flexibility index (Phi) is 10.5. The lowest BCUT2D eigenvalue weighted by atomic mass is 9.66. The second-order valence-corrected chi connectivity index (χ2v) is 8.76. The fraction of sp³-hybridized carbons (Fsp3) is 0.536. The first kappa shape index (κ1) is 28.1. The first-order valence-corrected chi connectivity index (χ1v) is 12.0. The lowest BCUT2D eigenvalue weighted by molar-refractivity contribution is 0.269. The highest BCUT2D eigenvalue weighted by Gasteiger charge is 2.44. The van der Waals surface area contributed by atoms with Crippen LogP contribution in [-0.2, 0) is 11.8 Å². The summed E-state index contributed by atoms with van der Waals surface area (Å²) in [7, 11) is 8.04. The van der Waals surface area contributed by atoms with Gasteiger partial charge < -0.3 is 29.0 Å². The normalized spacial score (nSPS) is 13.5. The maximum Gasteiger partial charge on any atom is 0.203 e. The van der Waals surface area contributed by atoms with Crippen LogP contribution in [0.15, 0.2) is 30.3 Å². The average Bonchev–Trinajstić information content (AvgIpc) is 2.89. The molecule has 192 valence electrons. The maximum absolute atomic E-state index is 10.6. The lowest BCUT2D eigenvalue weighted by Gasteiger charge is -2.39. The maximum atomic E-state index is 10.6. The summed E-state index contributed by atoms with van der Waals surface area (Å²) in [4.78, 5) is 0. The number of ether oxygens (including phenoxy) is 5. The Morgan fingerprint density at radius 2 is 1.46 bits per heavy atom. The van der Waals surface area contributed by atoms with Gasteiger partial charge in [0.05, 0.1) is 47.0 Å². The number of hydrogen-bond acceptors (Lipinski definition) is 7. The van der Waals surface area contributed by atoms with Gasteiger partial charge in [-0.2, -0.15) is 5.26 Å². The molecule has 0 saturated carbocycles. The molecule has 2 aromatic carbocycles. The summed E-state index contributed by atoms with van der Waals surface area (Å²) in [5.41, 5.74) is 1.24. The van der Waals surface area contributed by atoms with E-state index in [1.807, 2.05) is 24.3 Å². The van der Waals surface area contributed by atoms with Gasteiger partial charge in [0.25, 0.3) is 0 Å². The van der Waals surface area contributed by atoms with E-state index in [2.05, 4.69) is 38.2 Å². The molecule has 7 nitrogen and oxygen atoms in total. The zero-order valence-electron chi connectivity index (χ0n) is 22.4. The number of nitrogens with one attached hydrogen (secondary N) is 1. The van der Waals surface area contributed by atoms with Crippen LogP contribution in [0.1, 0.15) is 44.7 Å². The molecule has 0 amide bonds. The predicted molar refractivity (Wildman–Crippen MR) is 138 cm³/mol. The van der Waals surface area contributed by atoms with Crippen LogP contribution in [0.3, 0.4) is 0 Å². The van der Waals surface area contributed by atoms with Crippen LogP contribution in [0, 0.1) is 17.2 Å². The van der Waals surface area contributed by atoms with Crippen LogP contribution in [0.2, 0.25) is 0 Å². The molecule has 0 spiro atoms. The van der Waals surface area contributed by atoms with Crippen molar-refractivity contribution in [2.24, 2.45) is 5.92 Å². The average molecular weight is 485 g/mol. The molecule has 0 heterocycles. The van der Waals surface area contributed by atoms with Crippen molar-refractivity contribution < 1.29 is 23.7 Å². The molecule has 2 unspecified atom stereocenters. The van der Waals surface area contributed by atoms with Crippen LogP contribution in [0.25, 0.3) is 0 Å². The molecule has 35 heavy (non-hydrogen) atoms. The molecular weight excluding hydrogens is 444 g/mol. The Labute approximate surface area is 210 Å². The molecule has 0 saturated heterocycles. The Balaban J connectivity index is 2.28. The van der Waals surface area contributed by atoms with Gasteiger partial charge in [0.1, 0.15) is 0 Å². The van der Waals surface area contributed by atoms with Crippen LogP contribution in [-0.4, -0.2) is 48.1 Å². The van der Waals surface area contributed by atoms with Crippen molar-refractivity contribution in [3.63, 3.8) is 0 Å². The van der Waals surface area contributed by atoms with Gasteiger partial charge in [-0.3, -0.25) is 0 Å². The number of benzene rings is 2. The minimum absolute atomic E-state index is 0.0404. The molecule has 0 aromatic heterocycles. The van der Waals surface area contributed by atoms with Crippen molar-refractivity contribution in [3.8, 4) is 34.8 Å². The predicted octanol–water partition coefficient (Wildman–Crippen LogP) is 5.15. The first-order chi connectivity index (χ1) is 16.9. The zero-order chi connectivity index (χ0) is 26.0. The van der Waals surface area contributed by atoms with E-state index in [9.17, 15) is 5.26 Å². The van der Waals surface area contributed by atoms with Gasteiger partial charge in [0.15, 0.2) is 23.0 Å². The fourth-order valence-electron chi connectivity index (χ4n) is 4.76. The molecule has 0 aliphatic carbocycles. The summed E-state index contributed by atoms with van der Waals surface area (Å²) in [5, 5.41) is 14.2. The molecule has 2 aromatic rings. The van der Waals surface area contributed by atoms with Crippen molar-refractivity contribution in [3.05, 3.63) is 41.5 Å². The minimum atomic E-state index is -0.787. The number of rotatable bonds is 14. The van der Waals surface area contributed by atoms with E-state index in [0.717, 1.165) is 42.9 Å². The zero-order valence-corrected chi connectivity index (χ0v) is 22.4. The second kappa shape index (κ2) is 13.1. The largest absolute Gasteiger partial charge is 0.493 e. The van der Waals surface area contributed by atoms with Crippen LogP contribution in [0.4, 0.5) is 0 Å². The van der Waals surface area contributed by atoms with Gasteiger partial charge in [-0.05, 0) is 67.1 Å². The minimum Gasteiger partial charge on any atom is -0.493 e. The standard InChI is InChI=1S/C28H40N2O5/c1-9-26(30-14-10-11-20-12-13-22(31-4)23(15-20)32-5)28(18-29,19(2)3)21-16-24(33-6)27(35-8)25(17-21)34-7/h12-13,15-17,19,26,30H,9-11,14H2,1-8H3. The third kappa shape index (κ3) is 5.94. The van der Waals surface area contributed by atoms with E-state index >= 15 is 0 Å². The fourth-order valence-corrected chi connectivity index (χ4v) is 4.76. The lowest BCUT2D eigenvalue weighted by Crippen LogP contribution is -2.51. The van der Waals surface area contributed by atoms with Crippen molar-refractivity contribution in [2.45, 2.75) is 51.5 Å². The second-order valence-electron chi connectivity index (χ2n) is 8.76. The molecule has 0 bridgehead atoms. The van der Waals surface area contributed by atoms with Crippen molar-refractivity contribution in [1.82, 2.24) is 5.32 Å². The van der Waals surface area contributed by atoms with Crippen molar-refractivity contribution in [2.75, 3.05) is 42.1 Å². The number of aryl methyl sites for hydroxylation is 1. The molecule has 2 atom stereocenters. The highest BCUT2D eigenvalue weighted by Crippen LogP contribution is 2.45. The summed E-state index contributed by atoms with van der Waals surface area (Å²) in [5.74, 6) is 3.11. The van der Waals surface area contributed by atoms with E-state index < -0.39 is 5.41 Å². The summed E-state index contributed by atoms with van der Waals surface area (Å²) >= 11 is 0. The van der Waals surface area contributed by atoms with E-state index in [0.29, 0.717) is 17.2 Å². The molecule has 0 aliphatic heterocycles. The monoisotopic (exact) mass is 484 g/mol. The summed E-state index contributed by atoms with van der Waals surface area (Å²) < 4.78 is 27.4. The molecule has 1 N–H and O–H groups in total. The first-order valence-electron chi connectivity index (χ1n) is 12.0. The van der Waals surface area contributed by atoms with Gasteiger partial charge >= 0.3 is 0 Å². The Morgan fingerprint density at radius 1 is 0.857 bits per heavy atom. The summed E-state index contributed by atoms with van der Waals surface area (Å²) in [6, 6.07) is 12.4. The van der Waals surface area contributed by atoms with E-state index in [1.165, 1.54) is 5.56 Å². The highest BCUT2D eigenvalue weighted by molar-refractivity contribution is 5.57. The third-order valence-electron chi connectivity index (χ3n) is 6.68. The van der Waals surface area contributed by atoms with Gasteiger partial charge in [0.2, 0.25) is 5.75 Å². The molecule has 0 fully saturated rings.